The maximum Gasteiger partial charge on any atom is 0.221 e. The summed E-state index contributed by atoms with van der Waals surface area (Å²) < 4.78 is 5.18. The van der Waals surface area contributed by atoms with Crippen molar-refractivity contribution < 1.29 is 9.53 Å². The van der Waals surface area contributed by atoms with E-state index in [4.69, 9.17) is 27.9 Å². The molecule has 1 amide bonds. The zero-order chi connectivity index (χ0) is 17.4. The molecule has 0 unspecified atom stereocenters. The van der Waals surface area contributed by atoms with Gasteiger partial charge in [-0.05, 0) is 36.2 Å². The maximum atomic E-state index is 11.9. The highest BCUT2D eigenvalue weighted by atomic mass is 35.5. The minimum atomic E-state index is -0.0198. The van der Waals surface area contributed by atoms with Gasteiger partial charge in [0.25, 0.3) is 0 Å². The van der Waals surface area contributed by atoms with Crippen molar-refractivity contribution in [2.75, 3.05) is 25.5 Å². The van der Waals surface area contributed by atoms with Crippen LogP contribution in [0.3, 0.4) is 0 Å². The summed E-state index contributed by atoms with van der Waals surface area (Å²) in [4.78, 5) is 11.9. The first kappa shape index (κ1) is 18.4. The molecule has 0 aliphatic carbocycles. The van der Waals surface area contributed by atoms with Crippen LogP contribution in [0.15, 0.2) is 42.5 Å². The average molecular weight is 367 g/mol. The van der Waals surface area contributed by atoms with Gasteiger partial charge in [-0.3, -0.25) is 4.79 Å². The number of methoxy groups -OCH3 is 1. The van der Waals surface area contributed by atoms with Crippen LogP contribution in [-0.2, 0) is 11.2 Å². The van der Waals surface area contributed by atoms with E-state index in [0.29, 0.717) is 35.2 Å². The lowest BCUT2D eigenvalue weighted by atomic mass is 10.1. The summed E-state index contributed by atoms with van der Waals surface area (Å²) in [5.74, 6) is 0.799. The number of amides is 1. The largest absolute Gasteiger partial charge is 0.497 e. The average Bonchev–Trinajstić information content (AvgIpc) is 2.58. The van der Waals surface area contributed by atoms with Crippen LogP contribution in [0.5, 0.6) is 5.75 Å². The number of para-hydroxylation sites is 1. The second-order valence-corrected chi connectivity index (χ2v) is 6.04. The Hall–Kier alpha value is -1.91. The third-order valence-electron chi connectivity index (χ3n) is 3.49. The molecule has 0 aromatic heterocycles. The number of hydrogen-bond acceptors (Lipinski definition) is 3. The van der Waals surface area contributed by atoms with E-state index in [9.17, 15) is 4.79 Å². The predicted molar refractivity (Wildman–Crippen MR) is 99.3 cm³/mol. The van der Waals surface area contributed by atoms with E-state index in [1.165, 1.54) is 0 Å². The molecule has 0 bridgehead atoms. The quantitative estimate of drug-likeness (QED) is 0.737. The second-order valence-electron chi connectivity index (χ2n) is 5.22. The van der Waals surface area contributed by atoms with Gasteiger partial charge in [0.1, 0.15) is 5.75 Å². The Morgan fingerprint density at radius 3 is 2.50 bits per heavy atom. The number of nitrogens with one attached hydrogen (secondary N) is 2. The lowest BCUT2D eigenvalue weighted by Crippen LogP contribution is -2.27. The number of rotatable bonds is 8. The maximum absolute atomic E-state index is 11.9. The molecule has 0 atom stereocenters. The van der Waals surface area contributed by atoms with E-state index in [-0.39, 0.29) is 5.91 Å². The van der Waals surface area contributed by atoms with Crippen molar-refractivity contribution in [2.24, 2.45) is 0 Å². The number of ether oxygens (including phenoxy) is 1. The molecule has 24 heavy (non-hydrogen) atoms. The number of halogens is 2. The second kappa shape index (κ2) is 9.40. The van der Waals surface area contributed by atoms with Gasteiger partial charge in [-0.2, -0.15) is 0 Å². The Bertz CT molecular complexity index is 672. The minimum absolute atomic E-state index is 0.0198. The zero-order valence-corrected chi connectivity index (χ0v) is 15.0. The Morgan fingerprint density at radius 1 is 1.08 bits per heavy atom. The monoisotopic (exact) mass is 366 g/mol. The van der Waals surface area contributed by atoms with Gasteiger partial charge < -0.3 is 15.4 Å². The zero-order valence-electron chi connectivity index (χ0n) is 13.4. The smallest absolute Gasteiger partial charge is 0.221 e. The molecule has 0 aliphatic heterocycles. The van der Waals surface area contributed by atoms with Gasteiger partial charge in [-0.25, -0.2) is 0 Å². The van der Waals surface area contributed by atoms with Gasteiger partial charge in [-0.15, -0.1) is 0 Å². The van der Waals surface area contributed by atoms with Crippen LogP contribution >= 0.6 is 23.2 Å². The lowest BCUT2D eigenvalue weighted by Gasteiger charge is -2.10. The van der Waals surface area contributed by atoms with Crippen LogP contribution in [-0.4, -0.2) is 26.1 Å². The molecule has 6 heteroatoms. The Kier molecular flexibility index (Phi) is 7.22. The van der Waals surface area contributed by atoms with Crippen LogP contribution in [0.25, 0.3) is 0 Å². The summed E-state index contributed by atoms with van der Waals surface area (Å²) in [6.07, 6.45) is 1.10. The summed E-state index contributed by atoms with van der Waals surface area (Å²) in [7, 11) is 1.64. The number of carbonyl (C=O) groups excluding carboxylic acids is 1. The summed E-state index contributed by atoms with van der Waals surface area (Å²) in [5, 5.41) is 7.08. The highest BCUT2D eigenvalue weighted by Crippen LogP contribution is 2.29. The minimum Gasteiger partial charge on any atom is -0.497 e. The first-order valence-corrected chi connectivity index (χ1v) is 8.43. The number of anilines is 1. The van der Waals surface area contributed by atoms with Crippen LogP contribution in [0.2, 0.25) is 10.0 Å². The fraction of sp³-hybridized carbons (Fsp3) is 0.278. The van der Waals surface area contributed by atoms with Gasteiger partial charge in [0.05, 0.1) is 22.8 Å². The molecule has 4 nitrogen and oxygen atoms in total. The van der Waals surface area contributed by atoms with Crippen LogP contribution in [0, 0.1) is 0 Å². The van der Waals surface area contributed by atoms with Gasteiger partial charge in [0, 0.05) is 19.5 Å². The molecule has 0 spiro atoms. The Labute approximate surface area is 152 Å². The Morgan fingerprint density at radius 2 is 1.79 bits per heavy atom. The van der Waals surface area contributed by atoms with Crippen molar-refractivity contribution in [2.45, 2.75) is 12.8 Å². The van der Waals surface area contributed by atoms with Crippen molar-refractivity contribution in [3.63, 3.8) is 0 Å². The topological polar surface area (TPSA) is 50.4 Å². The molecule has 0 fully saturated rings. The van der Waals surface area contributed by atoms with Gasteiger partial charge >= 0.3 is 0 Å². The summed E-state index contributed by atoms with van der Waals surface area (Å²) >= 11 is 12.1. The third kappa shape index (κ3) is 5.62. The van der Waals surface area contributed by atoms with Crippen molar-refractivity contribution >= 4 is 34.8 Å². The summed E-state index contributed by atoms with van der Waals surface area (Å²) in [6, 6.07) is 13.1. The van der Waals surface area contributed by atoms with Crippen LogP contribution in [0.1, 0.15) is 12.0 Å². The summed E-state index contributed by atoms with van der Waals surface area (Å²) in [6.45, 7) is 1.05. The SMILES string of the molecule is COc1cccc(CCNC(=O)CCNc2c(Cl)cccc2Cl)c1. The molecule has 0 aliphatic rings. The number of carbonyl (C=O) groups is 1. The molecule has 2 N–H and O–H groups in total. The first-order chi connectivity index (χ1) is 11.6. The van der Waals surface area contributed by atoms with Gasteiger partial charge in [-0.1, -0.05) is 41.4 Å². The van der Waals surface area contributed by atoms with E-state index in [2.05, 4.69) is 10.6 Å². The molecule has 0 saturated carbocycles. The normalized spacial score (nSPS) is 10.3. The van der Waals surface area contributed by atoms with Crippen molar-refractivity contribution in [3.05, 3.63) is 58.1 Å². The van der Waals surface area contributed by atoms with E-state index < -0.39 is 0 Å². The van der Waals surface area contributed by atoms with E-state index in [1.807, 2.05) is 24.3 Å². The van der Waals surface area contributed by atoms with E-state index in [0.717, 1.165) is 17.7 Å². The highest BCUT2D eigenvalue weighted by Gasteiger charge is 2.06. The molecule has 2 rings (SSSR count). The van der Waals surface area contributed by atoms with Crippen molar-refractivity contribution in [3.8, 4) is 5.75 Å². The Balaban J connectivity index is 1.70. The standard InChI is InChI=1S/C18H20Cl2N2O2/c1-24-14-5-2-4-13(12-14)8-10-21-17(23)9-11-22-18-15(19)6-3-7-16(18)20/h2-7,12,22H,8-11H2,1H3,(H,21,23). The molecule has 0 radical (unpaired) electrons. The summed E-state index contributed by atoms with van der Waals surface area (Å²) in [5.41, 5.74) is 1.78. The molecule has 128 valence electrons. The number of hydrogen-bond donors (Lipinski definition) is 2. The predicted octanol–water partition coefficient (Wildman–Crippen LogP) is 4.16. The molecule has 0 saturated heterocycles. The fourth-order valence-corrected chi connectivity index (χ4v) is 2.76. The van der Waals surface area contributed by atoms with E-state index >= 15 is 0 Å². The van der Waals surface area contributed by atoms with Crippen molar-refractivity contribution in [1.29, 1.82) is 0 Å². The first-order valence-electron chi connectivity index (χ1n) is 7.67. The van der Waals surface area contributed by atoms with Crippen LogP contribution < -0.4 is 15.4 Å². The third-order valence-corrected chi connectivity index (χ3v) is 4.12. The van der Waals surface area contributed by atoms with Gasteiger partial charge in [0.2, 0.25) is 5.91 Å². The molecular formula is C18H20Cl2N2O2. The molecule has 2 aromatic carbocycles. The van der Waals surface area contributed by atoms with Crippen LogP contribution in [0.4, 0.5) is 5.69 Å². The molecular weight excluding hydrogens is 347 g/mol. The molecule has 0 heterocycles. The number of benzene rings is 2. The highest BCUT2D eigenvalue weighted by molar-refractivity contribution is 6.39. The molecule has 2 aromatic rings. The lowest BCUT2D eigenvalue weighted by molar-refractivity contribution is -0.120. The fourth-order valence-electron chi connectivity index (χ4n) is 2.23. The van der Waals surface area contributed by atoms with Crippen molar-refractivity contribution in [1.82, 2.24) is 5.32 Å². The van der Waals surface area contributed by atoms with Gasteiger partial charge in [0.15, 0.2) is 0 Å². The van der Waals surface area contributed by atoms with E-state index in [1.54, 1.807) is 25.3 Å².